The normalized spacial score (nSPS) is 10.7. The van der Waals surface area contributed by atoms with Crippen molar-refractivity contribution in [2.24, 2.45) is 4.99 Å². The Morgan fingerprint density at radius 1 is 0.800 bits per heavy atom. The molecule has 0 spiro atoms. The van der Waals surface area contributed by atoms with Crippen molar-refractivity contribution >= 4 is 6.21 Å². The summed E-state index contributed by atoms with van der Waals surface area (Å²) >= 11 is 0. The van der Waals surface area contributed by atoms with E-state index in [1.165, 1.54) is 5.56 Å². The van der Waals surface area contributed by atoms with Crippen molar-refractivity contribution < 1.29 is 0 Å². The largest absolute Gasteiger partial charge is 0.288 e. The summed E-state index contributed by atoms with van der Waals surface area (Å²) < 4.78 is 0. The lowest BCUT2D eigenvalue weighted by molar-refractivity contribution is 1.08. The van der Waals surface area contributed by atoms with Crippen LogP contribution in [0.2, 0.25) is 0 Å². The third-order valence-electron chi connectivity index (χ3n) is 2.16. The molecule has 0 aromatic heterocycles. The quantitative estimate of drug-likeness (QED) is 0.666. The summed E-state index contributed by atoms with van der Waals surface area (Å²) in [7, 11) is 0. The summed E-state index contributed by atoms with van der Waals surface area (Å²) in [5.74, 6) is 0. The fraction of sp³-hybridized carbons (Fsp3) is 0.0714. The smallest absolute Gasteiger partial charge is 0.0639 e. The first kappa shape index (κ1) is 9.66. The topological polar surface area (TPSA) is 12.4 Å². The highest BCUT2D eigenvalue weighted by Crippen LogP contribution is 2.00. The predicted molar refractivity (Wildman–Crippen MR) is 64.2 cm³/mol. The Hall–Kier alpha value is -1.89. The molecule has 2 aromatic carbocycles. The Bertz CT molecular complexity index is 418. The summed E-state index contributed by atoms with van der Waals surface area (Å²) in [4.78, 5) is 4.39. The second kappa shape index (κ2) is 5.11. The van der Waals surface area contributed by atoms with E-state index in [0.29, 0.717) is 0 Å². The number of aliphatic imine (C=N–C) groups is 1. The Morgan fingerprint density at radius 3 is 2.07 bits per heavy atom. The lowest BCUT2D eigenvalue weighted by atomic mass is 10.2. The van der Waals surface area contributed by atoms with Crippen LogP contribution < -0.4 is 0 Å². The molecule has 2 rings (SSSR count). The molecule has 0 saturated heterocycles. The summed E-state index contributed by atoms with van der Waals surface area (Å²) in [6.45, 7) is 0.746. The van der Waals surface area contributed by atoms with Crippen LogP contribution in [0.25, 0.3) is 0 Å². The SMILES string of the molecule is C(=N/Cc1ccccc1)/c1ccccc1. The van der Waals surface area contributed by atoms with E-state index < -0.39 is 0 Å². The zero-order valence-corrected chi connectivity index (χ0v) is 8.51. The van der Waals surface area contributed by atoms with Crippen LogP contribution in [0.15, 0.2) is 65.7 Å². The molecular weight excluding hydrogens is 182 g/mol. The summed E-state index contributed by atoms with van der Waals surface area (Å²) in [5, 5.41) is 0. The molecule has 0 unspecified atom stereocenters. The first-order chi connectivity index (χ1) is 7.45. The third kappa shape index (κ3) is 3.06. The van der Waals surface area contributed by atoms with Crippen molar-refractivity contribution in [1.82, 2.24) is 0 Å². The molecule has 2 aromatic rings. The van der Waals surface area contributed by atoms with Crippen LogP contribution >= 0.6 is 0 Å². The van der Waals surface area contributed by atoms with Crippen LogP contribution in [0.4, 0.5) is 0 Å². The maximum absolute atomic E-state index is 4.39. The van der Waals surface area contributed by atoms with Crippen LogP contribution in [-0.2, 0) is 6.54 Å². The minimum Gasteiger partial charge on any atom is -0.288 e. The highest BCUT2D eigenvalue weighted by atomic mass is 14.7. The van der Waals surface area contributed by atoms with Gasteiger partial charge in [-0.2, -0.15) is 0 Å². The molecule has 0 aliphatic rings. The lowest BCUT2D eigenvalue weighted by Gasteiger charge is -1.94. The van der Waals surface area contributed by atoms with Gasteiger partial charge in [0.15, 0.2) is 0 Å². The van der Waals surface area contributed by atoms with Crippen LogP contribution in [0.1, 0.15) is 11.1 Å². The van der Waals surface area contributed by atoms with Crippen molar-refractivity contribution in [3.8, 4) is 0 Å². The molecule has 0 bridgehead atoms. The van der Waals surface area contributed by atoms with E-state index in [2.05, 4.69) is 29.3 Å². The second-order valence-corrected chi connectivity index (χ2v) is 3.37. The van der Waals surface area contributed by atoms with Crippen LogP contribution in [0.5, 0.6) is 0 Å². The predicted octanol–water partition coefficient (Wildman–Crippen LogP) is 3.31. The Morgan fingerprint density at radius 2 is 1.40 bits per heavy atom. The van der Waals surface area contributed by atoms with Gasteiger partial charge < -0.3 is 0 Å². The highest BCUT2D eigenvalue weighted by molar-refractivity contribution is 5.79. The lowest BCUT2D eigenvalue weighted by Crippen LogP contribution is -1.83. The maximum atomic E-state index is 4.39. The average molecular weight is 195 g/mol. The van der Waals surface area contributed by atoms with Gasteiger partial charge in [0.2, 0.25) is 0 Å². The van der Waals surface area contributed by atoms with Crippen LogP contribution in [0, 0.1) is 0 Å². The molecule has 0 saturated carbocycles. The van der Waals surface area contributed by atoms with Gasteiger partial charge in [-0.25, -0.2) is 0 Å². The molecule has 1 nitrogen and oxygen atoms in total. The number of rotatable bonds is 3. The number of hydrogen-bond acceptors (Lipinski definition) is 1. The van der Waals surface area contributed by atoms with E-state index in [0.717, 1.165) is 12.1 Å². The molecule has 0 N–H and O–H groups in total. The molecule has 0 heterocycles. The minimum atomic E-state index is 0.746. The molecule has 0 fully saturated rings. The summed E-state index contributed by atoms with van der Waals surface area (Å²) in [5.41, 5.74) is 2.39. The number of nitrogens with zero attached hydrogens (tertiary/aromatic N) is 1. The van der Waals surface area contributed by atoms with Crippen molar-refractivity contribution in [2.75, 3.05) is 0 Å². The zero-order chi connectivity index (χ0) is 10.3. The molecule has 0 amide bonds. The molecule has 0 aliphatic carbocycles. The molecular formula is C14H13N. The first-order valence-electron chi connectivity index (χ1n) is 5.04. The monoisotopic (exact) mass is 195 g/mol. The van der Waals surface area contributed by atoms with Crippen molar-refractivity contribution in [3.63, 3.8) is 0 Å². The van der Waals surface area contributed by atoms with Crippen LogP contribution in [0.3, 0.4) is 0 Å². The zero-order valence-electron chi connectivity index (χ0n) is 8.51. The summed E-state index contributed by atoms with van der Waals surface area (Å²) in [6, 6.07) is 20.4. The maximum Gasteiger partial charge on any atom is 0.0639 e. The summed E-state index contributed by atoms with van der Waals surface area (Å²) in [6.07, 6.45) is 1.91. The van der Waals surface area contributed by atoms with Crippen molar-refractivity contribution in [3.05, 3.63) is 71.8 Å². The van der Waals surface area contributed by atoms with Gasteiger partial charge in [0.05, 0.1) is 6.54 Å². The molecule has 0 aliphatic heterocycles. The van der Waals surface area contributed by atoms with E-state index >= 15 is 0 Å². The fourth-order valence-corrected chi connectivity index (χ4v) is 1.38. The molecule has 0 atom stereocenters. The van der Waals surface area contributed by atoms with E-state index in [-0.39, 0.29) is 0 Å². The van der Waals surface area contributed by atoms with Crippen molar-refractivity contribution in [2.45, 2.75) is 6.54 Å². The highest BCUT2D eigenvalue weighted by Gasteiger charge is 1.87. The molecule has 74 valence electrons. The molecule has 15 heavy (non-hydrogen) atoms. The van der Waals surface area contributed by atoms with Crippen molar-refractivity contribution in [1.29, 1.82) is 0 Å². The first-order valence-corrected chi connectivity index (χ1v) is 5.04. The Kier molecular flexibility index (Phi) is 3.29. The van der Waals surface area contributed by atoms with Gasteiger partial charge in [-0.15, -0.1) is 0 Å². The molecule has 0 radical (unpaired) electrons. The minimum absolute atomic E-state index is 0.746. The van der Waals surface area contributed by atoms with Gasteiger partial charge in [-0.3, -0.25) is 4.99 Å². The molecule has 1 heteroatoms. The number of hydrogen-bond donors (Lipinski definition) is 0. The average Bonchev–Trinajstić information content (AvgIpc) is 2.32. The Balaban J connectivity index is 1.97. The van der Waals surface area contributed by atoms with E-state index in [1.807, 2.05) is 42.6 Å². The van der Waals surface area contributed by atoms with Gasteiger partial charge in [0.1, 0.15) is 0 Å². The van der Waals surface area contributed by atoms with Gasteiger partial charge in [-0.1, -0.05) is 60.7 Å². The van der Waals surface area contributed by atoms with Crippen LogP contribution in [-0.4, -0.2) is 6.21 Å². The second-order valence-electron chi connectivity index (χ2n) is 3.37. The fourth-order valence-electron chi connectivity index (χ4n) is 1.38. The third-order valence-corrected chi connectivity index (χ3v) is 2.16. The van der Waals surface area contributed by atoms with E-state index in [9.17, 15) is 0 Å². The van der Waals surface area contributed by atoms with Gasteiger partial charge >= 0.3 is 0 Å². The number of benzene rings is 2. The van der Waals surface area contributed by atoms with E-state index in [1.54, 1.807) is 0 Å². The van der Waals surface area contributed by atoms with E-state index in [4.69, 9.17) is 0 Å². The standard InChI is InChI=1S/C14H13N/c1-3-7-13(8-4-1)11-15-12-14-9-5-2-6-10-14/h1-11H,12H2/b15-11-. The van der Waals surface area contributed by atoms with Gasteiger partial charge in [0, 0.05) is 6.21 Å². The van der Waals surface area contributed by atoms with Gasteiger partial charge in [-0.05, 0) is 11.1 Å². The van der Waals surface area contributed by atoms with Gasteiger partial charge in [0.25, 0.3) is 0 Å². The Labute approximate surface area is 90.1 Å².